The van der Waals surface area contributed by atoms with Gasteiger partial charge in [-0.3, -0.25) is 0 Å². The zero-order chi connectivity index (χ0) is 9.84. The van der Waals surface area contributed by atoms with E-state index in [-0.39, 0.29) is 0 Å². The van der Waals surface area contributed by atoms with Crippen molar-refractivity contribution in [3.8, 4) is 0 Å². The number of hydrogen-bond donors (Lipinski definition) is 1. The fourth-order valence-electron chi connectivity index (χ4n) is 1.75. The molecule has 78 valence electrons. The van der Waals surface area contributed by atoms with Gasteiger partial charge in [0.15, 0.2) is 0 Å². The van der Waals surface area contributed by atoms with Crippen molar-refractivity contribution < 1.29 is 0 Å². The third kappa shape index (κ3) is 3.65. The molecular formula is C11H24N2. The van der Waals surface area contributed by atoms with Crippen LogP contribution in [0.15, 0.2) is 0 Å². The van der Waals surface area contributed by atoms with E-state index >= 15 is 0 Å². The molecule has 0 saturated carbocycles. The van der Waals surface area contributed by atoms with Gasteiger partial charge in [0.05, 0.1) is 0 Å². The number of likely N-dealkylation sites (tertiary alicyclic amines) is 1. The van der Waals surface area contributed by atoms with Crippen molar-refractivity contribution in [3.63, 3.8) is 0 Å². The number of hydrogen-bond acceptors (Lipinski definition) is 2. The summed E-state index contributed by atoms with van der Waals surface area (Å²) in [5, 5.41) is 0. The van der Waals surface area contributed by atoms with Gasteiger partial charge in [-0.2, -0.15) is 0 Å². The Kier molecular flexibility index (Phi) is 4.20. The van der Waals surface area contributed by atoms with E-state index in [2.05, 4.69) is 25.7 Å². The SMILES string of the molecule is CC1CCN(CC(N)C(C)C)CC1. The normalized spacial score (nSPS) is 23.8. The zero-order valence-electron chi connectivity index (χ0n) is 9.29. The summed E-state index contributed by atoms with van der Waals surface area (Å²) in [6, 6.07) is 0.355. The van der Waals surface area contributed by atoms with E-state index in [1.807, 2.05) is 0 Å². The lowest BCUT2D eigenvalue weighted by molar-refractivity contribution is 0.173. The first-order valence-corrected chi connectivity index (χ1v) is 5.57. The summed E-state index contributed by atoms with van der Waals surface area (Å²) in [5.74, 6) is 1.53. The molecule has 2 heteroatoms. The average molecular weight is 184 g/mol. The Morgan fingerprint density at radius 2 is 1.85 bits per heavy atom. The number of nitrogens with two attached hydrogens (primary N) is 1. The average Bonchev–Trinajstić information content (AvgIpc) is 2.08. The van der Waals surface area contributed by atoms with Gasteiger partial charge >= 0.3 is 0 Å². The summed E-state index contributed by atoms with van der Waals surface area (Å²) >= 11 is 0. The van der Waals surface area contributed by atoms with E-state index in [0.29, 0.717) is 12.0 Å². The maximum absolute atomic E-state index is 6.04. The van der Waals surface area contributed by atoms with Crippen LogP contribution in [0.4, 0.5) is 0 Å². The molecule has 13 heavy (non-hydrogen) atoms. The van der Waals surface area contributed by atoms with Gasteiger partial charge < -0.3 is 10.6 Å². The molecule has 0 aliphatic carbocycles. The highest BCUT2D eigenvalue weighted by Crippen LogP contribution is 2.16. The van der Waals surface area contributed by atoms with Gasteiger partial charge in [-0.15, -0.1) is 0 Å². The van der Waals surface area contributed by atoms with Crippen LogP contribution >= 0.6 is 0 Å². The fraction of sp³-hybridized carbons (Fsp3) is 1.00. The first-order valence-electron chi connectivity index (χ1n) is 5.57. The molecule has 1 saturated heterocycles. The van der Waals surface area contributed by atoms with Gasteiger partial charge in [0.25, 0.3) is 0 Å². The molecule has 0 aromatic rings. The minimum atomic E-state index is 0.355. The quantitative estimate of drug-likeness (QED) is 0.723. The van der Waals surface area contributed by atoms with Crippen molar-refractivity contribution >= 4 is 0 Å². The molecule has 2 N–H and O–H groups in total. The van der Waals surface area contributed by atoms with E-state index in [9.17, 15) is 0 Å². The second-order valence-electron chi connectivity index (χ2n) is 4.89. The van der Waals surface area contributed by atoms with E-state index in [1.165, 1.54) is 25.9 Å². The fourth-order valence-corrected chi connectivity index (χ4v) is 1.75. The smallest absolute Gasteiger partial charge is 0.0191 e. The van der Waals surface area contributed by atoms with Crippen LogP contribution in [-0.2, 0) is 0 Å². The Labute approximate surface area is 82.5 Å². The van der Waals surface area contributed by atoms with Crippen LogP contribution in [0.3, 0.4) is 0 Å². The second kappa shape index (κ2) is 4.97. The Morgan fingerprint density at radius 3 is 2.31 bits per heavy atom. The van der Waals surface area contributed by atoms with Gasteiger partial charge in [-0.05, 0) is 37.8 Å². The number of piperidine rings is 1. The molecule has 1 rings (SSSR count). The Balaban J connectivity index is 2.22. The van der Waals surface area contributed by atoms with Gasteiger partial charge in [-0.25, -0.2) is 0 Å². The summed E-state index contributed by atoms with van der Waals surface area (Å²) < 4.78 is 0. The molecule has 1 fully saturated rings. The summed E-state index contributed by atoms with van der Waals surface area (Å²) in [6.45, 7) is 10.3. The summed E-state index contributed by atoms with van der Waals surface area (Å²) in [6.07, 6.45) is 2.70. The molecule has 0 bridgehead atoms. The third-order valence-electron chi connectivity index (χ3n) is 3.20. The first kappa shape index (κ1) is 11.0. The Morgan fingerprint density at radius 1 is 1.31 bits per heavy atom. The molecule has 1 aliphatic heterocycles. The largest absolute Gasteiger partial charge is 0.326 e. The highest BCUT2D eigenvalue weighted by atomic mass is 15.1. The lowest BCUT2D eigenvalue weighted by Gasteiger charge is -2.32. The Hall–Kier alpha value is -0.0800. The molecule has 1 aliphatic rings. The van der Waals surface area contributed by atoms with Gasteiger partial charge in [0.2, 0.25) is 0 Å². The minimum Gasteiger partial charge on any atom is -0.326 e. The molecular weight excluding hydrogens is 160 g/mol. The summed E-state index contributed by atoms with van der Waals surface area (Å²) in [5.41, 5.74) is 6.04. The summed E-state index contributed by atoms with van der Waals surface area (Å²) in [4.78, 5) is 2.52. The van der Waals surface area contributed by atoms with E-state index < -0.39 is 0 Å². The van der Waals surface area contributed by atoms with E-state index in [1.54, 1.807) is 0 Å². The topological polar surface area (TPSA) is 29.3 Å². The summed E-state index contributed by atoms with van der Waals surface area (Å²) in [7, 11) is 0. The van der Waals surface area contributed by atoms with Crippen LogP contribution in [-0.4, -0.2) is 30.6 Å². The van der Waals surface area contributed by atoms with Crippen molar-refractivity contribution in [1.29, 1.82) is 0 Å². The molecule has 1 atom stereocenters. The molecule has 1 heterocycles. The highest BCUT2D eigenvalue weighted by Gasteiger charge is 2.18. The minimum absolute atomic E-state index is 0.355. The van der Waals surface area contributed by atoms with Crippen LogP contribution in [0.25, 0.3) is 0 Å². The maximum Gasteiger partial charge on any atom is 0.0191 e. The van der Waals surface area contributed by atoms with Crippen LogP contribution in [0.5, 0.6) is 0 Å². The van der Waals surface area contributed by atoms with Gasteiger partial charge in [0.1, 0.15) is 0 Å². The van der Waals surface area contributed by atoms with Crippen molar-refractivity contribution in [2.24, 2.45) is 17.6 Å². The van der Waals surface area contributed by atoms with Crippen LogP contribution in [0, 0.1) is 11.8 Å². The molecule has 0 spiro atoms. The van der Waals surface area contributed by atoms with Crippen molar-refractivity contribution in [3.05, 3.63) is 0 Å². The molecule has 1 unspecified atom stereocenters. The third-order valence-corrected chi connectivity index (χ3v) is 3.20. The lowest BCUT2D eigenvalue weighted by atomic mass is 9.97. The van der Waals surface area contributed by atoms with Crippen LogP contribution < -0.4 is 5.73 Å². The van der Waals surface area contributed by atoms with E-state index in [4.69, 9.17) is 5.73 Å². The number of rotatable bonds is 3. The van der Waals surface area contributed by atoms with Gasteiger partial charge in [-0.1, -0.05) is 20.8 Å². The van der Waals surface area contributed by atoms with Crippen LogP contribution in [0.1, 0.15) is 33.6 Å². The highest BCUT2D eigenvalue weighted by molar-refractivity contribution is 4.75. The van der Waals surface area contributed by atoms with E-state index in [0.717, 1.165) is 12.5 Å². The van der Waals surface area contributed by atoms with Crippen molar-refractivity contribution in [2.45, 2.75) is 39.7 Å². The first-order chi connectivity index (χ1) is 6.09. The Bertz CT molecular complexity index is 137. The maximum atomic E-state index is 6.04. The molecule has 0 amide bonds. The van der Waals surface area contributed by atoms with Crippen LogP contribution in [0.2, 0.25) is 0 Å². The monoisotopic (exact) mass is 184 g/mol. The lowest BCUT2D eigenvalue weighted by Crippen LogP contribution is -2.43. The standard InChI is InChI=1S/C11H24N2/c1-9(2)11(12)8-13-6-4-10(3)5-7-13/h9-11H,4-8,12H2,1-3H3. The van der Waals surface area contributed by atoms with Gasteiger partial charge in [0, 0.05) is 12.6 Å². The second-order valence-corrected chi connectivity index (χ2v) is 4.89. The molecule has 0 radical (unpaired) electrons. The number of nitrogens with zero attached hydrogens (tertiary/aromatic N) is 1. The predicted octanol–water partition coefficient (Wildman–Crippen LogP) is 1.70. The molecule has 0 aromatic carbocycles. The molecule has 2 nitrogen and oxygen atoms in total. The van der Waals surface area contributed by atoms with Crippen molar-refractivity contribution in [1.82, 2.24) is 4.90 Å². The van der Waals surface area contributed by atoms with Crippen molar-refractivity contribution in [2.75, 3.05) is 19.6 Å². The predicted molar refractivity (Wildman–Crippen MR) is 57.7 cm³/mol. The molecule has 0 aromatic heterocycles. The zero-order valence-corrected chi connectivity index (χ0v) is 9.29.